The van der Waals surface area contributed by atoms with Crippen molar-refractivity contribution in [3.63, 3.8) is 0 Å². The van der Waals surface area contributed by atoms with Gasteiger partial charge in [0.15, 0.2) is 0 Å². The lowest BCUT2D eigenvalue weighted by Gasteiger charge is -2.32. The van der Waals surface area contributed by atoms with Crippen LogP contribution in [0.1, 0.15) is 37.7 Å². The van der Waals surface area contributed by atoms with Crippen molar-refractivity contribution in [3.05, 3.63) is 29.8 Å². The average Bonchev–Trinajstić information content (AvgIpc) is 2.48. The molecule has 110 valence electrons. The summed E-state index contributed by atoms with van der Waals surface area (Å²) in [6, 6.07) is 8.77. The van der Waals surface area contributed by atoms with Crippen LogP contribution in [0.2, 0.25) is 0 Å². The predicted molar refractivity (Wildman–Crippen MR) is 86.2 cm³/mol. The molecule has 1 N–H and O–H groups in total. The lowest BCUT2D eigenvalue weighted by Crippen LogP contribution is -2.36. The highest BCUT2D eigenvalue weighted by Gasteiger charge is 2.21. The van der Waals surface area contributed by atoms with Crippen LogP contribution in [0.25, 0.3) is 0 Å². The van der Waals surface area contributed by atoms with Crippen LogP contribution in [0.3, 0.4) is 0 Å². The van der Waals surface area contributed by atoms with Crippen molar-refractivity contribution >= 4 is 5.69 Å². The Labute approximate surface area is 123 Å². The van der Waals surface area contributed by atoms with Crippen molar-refractivity contribution in [1.82, 2.24) is 4.90 Å². The van der Waals surface area contributed by atoms with Crippen LogP contribution in [0, 0.1) is 11.8 Å². The highest BCUT2D eigenvalue weighted by Crippen LogP contribution is 2.26. The van der Waals surface area contributed by atoms with E-state index in [-0.39, 0.29) is 0 Å². The summed E-state index contributed by atoms with van der Waals surface area (Å²) in [6.07, 6.45) is 8.52. The van der Waals surface area contributed by atoms with Gasteiger partial charge in [-0.1, -0.05) is 37.5 Å². The lowest BCUT2D eigenvalue weighted by molar-refractivity contribution is 0.209. The zero-order chi connectivity index (χ0) is 13.8. The molecule has 1 heterocycles. The highest BCUT2D eigenvalue weighted by molar-refractivity contribution is 5.53. The SMILES string of the molecule is CN(CC1CCCCC1)CC1CNc2ccccc2C1. The molecule has 1 unspecified atom stereocenters. The van der Waals surface area contributed by atoms with E-state index in [4.69, 9.17) is 0 Å². The van der Waals surface area contributed by atoms with Gasteiger partial charge in [0.2, 0.25) is 0 Å². The van der Waals surface area contributed by atoms with Gasteiger partial charge in [-0.15, -0.1) is 0 Å². The van der Waals surface area contributed by atoms with Gasteiger partial charge in [0, 0.05) is 25.3 Å². The Balaban J connectivity index is 1.48. The largest absolute Gasteiger partial charge is 0.384 e. The molecule has 1 aromatic rings. The molecule has 0 spiro atoms. The fourth-order valence-corrected chi connectivity index (χ4v) is 3.96. The second-order valence-corrected chi connectivity index (χ2v) is 6.83. The average molecular weight is 272 g/mol. The number of para-hydroxylation sites is 1. The summed E-state index contributed by atoms with van der Waals surface area (Å²) in [5.41, 5.74) is 2.84. The minimum Gasteiger partial charge on any atom is -0.384 e. The van der Waals surface area contributed by atoms with E-state index in [0.29, 0.717) is 0 Å². The third kappa shape index (κ3) is 3.54. The summed E-state index contributed by atoms with van der Waals surface area (Å²) in [5, 5.41) is 3.60. The third-order valence-electron chi connectivity index (χ3n) is 4.97. The molecule has 20 heavy (non-hydrogen) atoms. The summed E-state index contributed by atoms with van der Waals surface area (Å²) < 4.78 is 0. The molecular formula is C18H28N2. The first-order chi connectivity index (χ1) is 9.81. The van der Waals surface area contributed by atoms with Crippen LogP contribution in [0.15, 0.2) is 24.3 Å². The van der Waals surface area contributed by atoms with Gasteiger partial charge < -0.3 is 10.2 Å². The van der Waals surface area contributed by atoms with Crippen molar-refractivity contribution in [1.29, 1.82) is 0 Å². The van der Waals surface area contributed by atoms with E-state index in [1.165, 1.54) is 62.9 Å². The first-order valence-electron chi connectivity index (χ1n) is 8.31. The minimum atomic E-state index is 0.762. The fourth-order valence-electron chi connectivity index (χ4n) is 3.96. The molecule has 1 aliphatic heterocycles. The summed E-state index contributed by atoms with van der Waals surface area (Å²) >= 11 is 0. The van der Waals surface area contributed by atoms with E-state index < -0.39 is 0 Å². The van der Waals surface area contributed by atoms with Crippen LogP contribution in [-0.2, 0) is 6.42 Å². The van der Waals surface area contributed by atoms with Crippen molar-refractivity contribution in [2.24, 2.45) is 11.8 Å². The van der Waals surface area contributed by atoms with E-state index in [1.807, 2.05) is 0 Å². The standard InChI is InChI=1S/C18H28N2/c1-20(13-15-7-3-2-4-8-15)14-16-11-17-9-5-6-10-18(17)19-12-16/h5-6,9-10,15-16,19H,2-4,7-8,11-14H2,1H3. The molecule has 0 saturated heterocycles. The molecular weight excluding hydrogens is 244 g/mol. The van der Waals surface area contributed by atoms with Crippen LogP contribution < -0.4 is 5.32 Å². The fraction of sp³-hybridized carbons (Fsp3) is 0.667. The number of fused-ring (bicyclic) bond motifs is 1. The molecule has 0 aromatic heterocycles. The smallest absolute Gasteiger partial charge is 0.0372 e. The summed E-state index contributed by atoms with van der Waals surface area (Å²) in [4.78, 5) is 2.58. The van der Waals surface area contributed by atoms with Crippen LogP contribution >= 0.6 is 0 Å². The molecule has 2 aliphatic rings. The molecule has 0 amide bonds. The van der Waals surface area contributed by atoms with Gasteiger partial charge in [-0.05, 0) is 49.8 Å². The molecule has 2 nitrogen and oxygen atoms in total. The Morgan fingerprint density at radius 2 is 1.80 bits per heavy atom. The van der Waals surface area contributed by atoms with Crippen LogP contribution in [-0.4, -0.2) is 31.6 Å². The zero-order valence-corrected chi connectivity index (χ0v) is 12.8. The topological polar surface area (TPSA) is 15.3 Å². The Bertz CT molecular complexity index is 423. The first-order valence-corrected chi connectivity index (χ1v) is 8.31. The minimum absolute atomic E-state index is 0.762. The van der Waals surface area contributed by atoms with Crippen LogP contribution in [0.4, 0.5) is 5.69 Å². The summed E-state index contributed by atoms with van der Waals surface area (Å²) in [5.74, 6) is 1.72. The normalized spacial score (nSPS) is 23.4. The molecule has 0 bridgehead atoms. The number of hydrogen-bond donors (Lipinski definition) is 1. The van der Waals surface area contributed by atoms with E-state index in [1.54, 1.807) is 0 Å². The van der Waals surface area contributed by atoms with Gasteiger partial charge in [0.1, 0.15) is 0 Å². The molecule has 1 atom stereocenters. The second-order valence-electron chi connectivity index (χ2n) is 6.83. The highest BCUT2D eigenvalue weighted by atomic mass is 15.1. The maximum absolute atomic E-state index is 3.60. The molecule has 3 rings (SSSR count). The maximum atomic E-state index is 3.60. The van der Waals surface area contributed by atoms with E-state index >= 15 is 0 Å². The van der Waals surface area contributed by atoms with Crippen molar-refractivity contribution in [3.8, 4) is 0 Å². The van der Waals surface area contributed by atoms with Gasteiger partial charge in [0.25, 0.3) is 0 Å². The Kier molecular flexibility index (Phi) is 4.62. The van der Waals surface area contributed by atoms with Gasteiger partial charge in [-0.3, -0.25) is 0 Å². The number of benzene rings is 1. The third-order valence-corrected chi connectivity index (χ3v) is 4.97. The zero-order valence-electron chi connectivity index (χ0n) is 12.8. The molecule has 1 aliphatic carbocycles. The Morgan fingerprint density at radius 3 is 2.65 bits per heavy atom. The molecule has 1 saturated carbocycles. The molecule has 2 heteroatoms. The van der Waals surface area contributed by atoms with Gasteiger partial charge >= 0.3 is 0 Å². The Hall–Kier alpha value is -1.02. The number of rotatable bonds is 4. The second kappa shape index (κ2) is 6.62. The molecule has 1 fully saturated rings. The quantitative estimate of drug-likeness (QED) is 0.897. The van der Waals surface area contributed by atoms with Gasteiger partial charge in [0.05, 0.1) is 0 Å². The number of hydrogen-bond acceptors (Lipinski definition) is 2. The molecule has 1 aromatic carbocycles. The maximum Gasteiger partial charge on any atom is 0.0372 e. The van der Waals surface area contributed by atoms with Crippen molar-refractivity contribution < 1.29 is 0 Å². The summed E-state index contributed by atoms with van der Waals surface area (Å²) in [6.45, 7) is 3.67. The lowest BCUT2D eigenvalue weighted by atomic mass is 9.88. The Morgan fingerprint density at radius 1 is 1.05 bits per heavy atom. The van der Waals surface area contributed by atoms with Crippen LogP contribution in [0.5, 0.6) is 0 Å². The number of nitrogens with zero attached hydrogens (tertiary/aromatic N) is 1. The monoisotopic (exact) mass is 272 g/mol. The van der Waals surface area contributed by atoms with Gasteiger partial charge in [-0.25, -0.2) is 0 Å². The van der Waals surface area contributed by atoms with Crippen molar-refractivity contribution in [2.45, 2.75) is 38.5 Å². The van der Waals surface area contributed by atoms with E-state index in [0.717, 1.165) is 18.4 Å². The van der Waals surface area contributed by atoms with Crippen molar-refractivity contribution in [2.75, 3.05) is 32.0 Å². The first kappa shape index (κ1) is 13.9. The predicted octanol–water partition coefficient (Wildman–Crippen LogP) is 3.78. The van der Waals surface area contributed by atoms with Gasteiger partial charge in [-0.2, -0.15) is 0 Å². The number of nitrogens with one attached hydrogen (secondary N) is 1. The molecule has 0 radical (unpaired) electrons. The number of anilines is 1. The summed E-state index contributed by atoms with van der Waals surface area (Å²) in [7, 11) is 2.31. The van der Waals surface area contributed by atoms with E-state index in [2.05, 4.69) is 41.5 Å². The van der Waals surface area contributed by atoms with E-state index in [9.17, 15) is 0 Å².